The van der Waals surface area contributed by atoms with Gasteiger partial charge in [0, 0.05) is 25.8 Å². The molecule has 1 aromatic heterocycles. The number of aromatic nitrogens is 2. The molecule has 26 heavy (non-hydrogen) atoms. The predicted octanol–water partition coefficient (Wildman–Crippen LogP) is 3.92. The largest absolute Gasteiger partial charge is 0.383 e. The van der Waals surface area contributed by atoms with E-state index >= 15 is 0 Å². The van der Waals surface area contributed by atoms with Crippen LogP contribution in [0.1, 0.15) is 38.4 Å². The van der Waals surface area contributed by atoms with Gasteiger partial charge in [0.2, 0.25) is 5.91 Å². The van der Waals surface area contributed by atoms with E-state index in [1.54, 1.807) is 24.1 Å². The number of carbonyl (C=O) groups excluding carboxylic acids is 1. The lowest BCUT2D eigenvalue weighted by Crippen LogP contribution is -2.34. The zero-order chi connectivity index (χ0) is 19.1. The Hall–Kier alpha value is -2.00. The van der Waals surface area contributed by atoms with Crippen molar-refractivity contribution < 1.29 is 18.6 Å². The van der Waals surface area contributed by atoms with E-state index in [9.17, 15) is 9.18 Å². The van der Waals surface area contributed by atoms with E-state index in [1.807, 2.05) is 13.8 Å². The first-order chi connectivity index (χ1) is 12.5. The highest BCUT2D eigenvalue weighted by atomic mass is 79.9. The molecule has 1 heterocycles. The van der Waals surface area contributed by atoms with Crippen molar-refractivity contribution in [1.29, 1.82) is 0 Å². The van der Waals surface area contributed by atoms with Crippen molar-refractivity contribution >= 4 is 33.3 Å². The summed E-state index contributed by atoms with van der Waals surface area (Å²) in [4.78, 5) is 14.3. The van der Waals surface area contributed by atoms with Gasteiger partial charge < -0.3 is 15.0 Å². The Morgan fingerprint density at radius 1 is 1.46 bits per heavy atom. The van der Waals surface area contributed by atoms with Crippen LogP contribution >= 0.6 is 15.9 Å². The van der Waals surface area contributed by atoms with Crippen molar-refractivity contribution in [2.45, 2.75) is 32.7 Å². The first kappa shape index (κ1) is 20.3. The number of nitrogens with one attached hydrogen (secondary N) is 1. The van der Waals surface area contributed by atoms with Gasteiger partial charge in [-0.1, -0.05) is 12.1 Å². The Morgan fingerprint density at radius 2 is 2.23 bits per heavy atom. The molecule has 0 saturated heterocycles. The number of hydrogen-bond acceptors (Lipinski definition) is 6. The van der Waals surface area contributed by atoms with E-state index in [0.29, 0.717) is 43.2 Å². The molecule has 1 amide bonds. The molecule has 0 aliphatic carbocycles. The number of amides is 1. The minimum absolute atomic E-state index is 0.0932. The van der Waals surface area contributed by atoms with Crippen LogP contribution in [0.4, 0.5) is 15.9 Å². The summed E-state index contributed by atoms with van der Waals surface area (Å²) >= 11 is 3.17. The zero-order valence-electron chi connectivity index (χ0n) is 15.0. The zero-order valence-corrected chi connectivity index (χ0v) is 16.5. The highest BCUT2D eigenvalue weighted by molar-refractivity contribution is 9.10. The van der Waals surface area contributed by atoms with Gasteiger partial charge in [-0.25, -0.2) is 9.02 Å². The lowest BCUT2D eigenvalue weighted by molar-refractivity contribution is -0.119. The smallest absolute Gasteiger partial charge is 0.227 e. The average Bonchev–Trinajstić information content (AvgIpc) is 3.07. The molecule has 1 atom stereocenters. The Morgan fingerprint density at radius 3 is 2.88 bits per heavy atom. The summed E-state index contributed by atoms with van der Waals surface area (Å²) in [6.07, 6.45) is 1.05. The molecule has 0 bridgehead atoms. The maximum atomic E-state index is 13.6. The summed E-state index contributed by atoms with van der Waals surface area (Å²) in [5.74, 6) is -0.0382. The number of methoxy groups -OCH3 is 1. The lowest BCUT2D eigenvalue weighted by Gasteiger charge is -2.28. The van der Waals surface area contributed by atoms with Crippen LogP contribution in [0.2, 0.25) is 0 Å². The summed E-state index contributed by atoms with van der Waals surface area (Å²) in [6.45, 7) is 4.77. The molecule has 0 saturated carbocycles. The van der Waals surface area contributed by atoms with Gasteiger partial charge in [0.1, 0.15) is 5.82 Å². The Kier molecular flexibility index (Phi) is 7.52. The monoisotopic (exact) mass is 428 g/mol. The molecule has 9 heteroatoms. The van der Waals surface area contributed by atoms with Gasteiger partial charge in [-0.3, -0.25) is 4.79 Å². The lowest BCUT2D eigenvalue weighted by atomic mass is 10.1. The molecule has 0 radical (unpaired) electrons. The van der Waals surface area contributed by atoms with E-state index in [-0.39, 0.29) is 10.4 Å². The van der Waals surface area contributed by atoms with Crippen molar-refractivity contribution in [2.75, 3.05) is 30.5 Å². The molecule has 1 N–H and O–H groups in total. The topological polar surface area (TPSA) is 80.5 Å². The second-order valence-electron chi connectivity index (χ2n) is 5.71. The Balaban J connectivity index is 2.34. The normalized spacial score (nSPS) is 12.0. The molecule has 7 nitrogen and oxygen atoms in total. The molecular formula is C17H22BrFN4O3. The third-order valence-corrected chi connectivity index (χ3v) is 4.42. The third kappa shape index (κ3) is 4.79. The van der Waals surface area contributed by atoms with E-state index in [4.69, 9.17) is 9.37 Å². The molecule has 2 rings (SSSR count). The van der Waals surface area contributed by atoms with Crippen molar-refractivity contribution in [1.82, 2.24) is 10.3 Å². The van der Waals surface area contributed by atoms with Crippen LogP contribution in [0.25, 0.3) is 0 Å². The third-order valence-electron chi connectivity index (χ3n) is 3.81. The quantitative estimate of drug-likeness (QED) is 0.609. The van der Waals surface area contributed by atoms with Gasteiger partial charge in [0.15, 0.2) is 11.5 Å². The second-order valence-corrected chi connectivity index (χ2v) is 6.56. The standard InChI is InChI=1S/C17H22BrFN4O3/c1-4-5-15(24)23(12-6-7-14(19)13(18)10-12)11(2)16-17(22-26-21-16)20-8-9-25-3/h6-7,10-11H,4-5,8-9H2,1-3H3,(H,20,22). The first-order valence-electron chi connectivity index (χ1n) is 8.32. The van der Waals surface area contributed by atoms with E-state index in [0.717, 1.165) is 0 Å². The maximum Gasteiger partial charge on any atom is 0.227 e. The van der Waals surface area contributed by atoms with Crippen molar-refractivity contribution in [3.63, 3.8) is 0 Å². The number of anilines is 2. The van der Waals surface area contributed by atoms with Crippen LogP contribution < -0.4 is 10.2 Å². The SMILES string of the molecule is CCCC(=O)N(c1ccc(F)c(Br)c1)C(C)c1nonc1NCCOC. The molecular weight excluding hydrogens is 407 g/mol. The number of halogens is 2. The molecule has 1 unspecified atom stereocenters. The van der Waals surface area contributed by atoms with Crippen LogP contribution in [-0.2, 0) is 9.53 Å². The van der Waals surface area contributed by atoms with Gasteiger partial charge in [-0.2, -0.15) is 0 Å². The molecule has 142 valence electrons. The number of hydrogen-bond donors (Lipinski definition) is 1. The van der Waals surface area contributed by atoms with Crippen LogP contribution in [-0.4, -0.2) is 36.5 Å². The molecule has 0 spiro atoms. The summed E-state index contributed by atoms with van der Waals surface area (Å²) in [5, 5.41) is 10.9. The van der Waals surface area contributed by atoms with Gasteiger partial charge in [-0.15, -0.1) is 0 Å². The first-order valence-corrected chi connectivity index (χ1v) is 9.11. The number of nitrogens with zero attached hydrogens (tertiary/aromatic N) is 3. The number of ether oxygens (including phenoxy) is 1. The molecule has 0 fully saturated rings. The van der Waals surface area contributed by atoms with Crippen molar-refractivity contribution in [3.8, 4) is 0 Å². The predicted molar refractivity (Wildman–Crippen MR) is 99.6 cm³/mol. The number of rotatable bonds is 9. The van der Waals surface area contributed by atoms with Crippen LogP contribution in [0.15, 0.2) is 27.3 Å². The molecule has 2 aromatic rings. The Labute approximate surface area is 160 Å². The van der Waals surface area contributed by atoms with Gasteiger partial charge in [0.05, 0.1) is 17.1 Å². The molecule has 0 aliphatic rings. The summed E-state index contributed by atoms with van der Waals surface area (Å²) in [6, 6.07) is 4.00. The fourth-order valence-corrected chi connectivity index (χ4v) is 2.91. The van der Waals surface area contributed by atoms with Gasteiger partial charge in [0.25, 0.3) is 0 Å². The molecule has 1 aromatic carbocycles. The van der Waals surface area contributed by atoms with E-state index < -0.39 is 11.9 Å². The summed E-state index contributed by atoms with van der Waals surface area (Å²) < 4.78 is 23.8. The van der Waals surface area contributed by atoms with Gasteiger partial charge >= 0.3 is 0 Å². The number of benzene rings is 1. The number of carbonyl (C=O) groups is 1. The van der Waals surface area contributed by atoms with E-state index in [2.05, 4.69) is 31.6 Å². The van der Waals surface area contributed by atoms with Crippen LogP contribution in [0.5, 0.6) is 0 Å². The summed E-state index contributed by atoms with van der Waals surface area (Å²) in [5.41, 5.74) is 1.06. The average molecular weight is 429 g/mol. The van der Waals surface area contributed by atoms with Crippen molar-refractivity contribution in [2.24, 2.45) is 0 Å². The fourth-order valence-electron chi connectivity index (χ4n) is 2.54. The maximum absolute atomic E-state index is 13.6. The minimum atomic E-state index is -0.456. The van der Waals surface area contributed by atoms with Crippen molar-refractivity contribution in [3.05, 3.63) is 34.2 Å². The molecule has 0 aliphatic heterocycles. The fraction of sp³-hybridized carbons (Fsp3) is 0.471. The highest BCUT2D eigenvalue weighted by Gasteiger charge is 2.28. The minimum Gasteiger partial charge on any atom is -0.383 e. The van der Waals surface area contributed by atoms with Crippen LogP contribution in [0, 0.1) is 5.82 Å². The summed E-state index contributed by atoms with van der Waals surface area (Å²) in [7, 11) is 1.60. The second kappa shape index (κ2) is 9.63. The Bertz CT molecular complexity index is 741. The van der Waals surface area contributed by atoms with Crippen LogP contribution in [0.3, 0.4) is 0 Å². The van der Waals surface area contributed by atoms with E-state index in [1.165, 1.54) is 6.07 Å². The highest BCUT2D eigenvalue weighted by Crippen LogP contribution is 2.32. The van der Waals surface area contributed by atoms with Gasteiger partial charge in [-0.05, 0) is 52.6 Å².